The molecule has 0 radical (unpaired) electrons. The predicted octanol–water partition coefficient (Wildman–Crippen LogP) is 5.89. The Morgan fingerprint density at radius 3 is 1.55 bits per heavy atom. The lowest BCUT2D eigenvalue weighted by Gasteiger charge is -2.13. The topological polar surface area (TPSA) is 58.2 Å². The van der Waals surface area contributed by atoms with Gasteiger partial charge in [0.2, 0.25) is 0 Å². The Kier molecular flexibility index (Phi) is 6.89. The van der Waals surface area contributed by atoms with Crippen molar-refractivity contribution in [2.24, 2.45) is 0 Å². The first kappa shape index (κ1) is 22.3. The summed E-state index contributed by atoms with van der Waals surface area (Å²) in [5.74, 6) is -0.317. The molecule has 0 saturated carbocycles. The molecule has 4 aromatic rings. The summed E-state index contributed by atoms with van der Waals surface area (Å²) in [4.78, 5) is 25.6. The summed E-state index contributed by atoms with van der Waals surface area (Å²) in [6.45, 7) is 4.23. The van der Waals surface area contributed by atoms with Crippen molar-refractivity contribution in [1.82, 2.24) is 0 Å². The first-order valence-electron chi connectivity index (χ1n) is 11.4. The van der Waals surface area contributed by atoms with Gasteiger partial charge in [-0.25, -0.2) is 0 Å². The van der Waals surface area contributed by atoms with Crippen LogP contribution in [0.15, 0.2) is 84.9 Å². The molecule has 0 bridgehead atoms. The van der Waals surface area contributed by atoms with Crippen LogP contribution >= 0.6 is 0 Å². The number of rotatable bonds is 7. The lowest BCUT2D eigenvalue weighted by Crippen LogP contribution is -2.13. The maximum atomic E-state index is 12.8. The molecule has 4 aromatic carbocycles. The summed E-state index contributed by atoms with van der Waals surface area (Å²) in [6.07, 6.45) is 1.94. The number of carbonyl (C=O) groups excluding carboxylic acids is 2. The van der Waals surface area contributed by atoms with Gasteiger partial charge in [0.15, 0.2) is 0 Å². The lowest BCUT2D eigenvalue weighted by molar-refractivity contribution is 0.101. The van der Waals surface area contributed by atoms with Gasteiger partial charge in [-0.1, -0.05) is 74.2 Å². The highest BCUT2D eigenvalue weighted by molar-refractivity contribution is 6.32. The van der Waals surface area contributed by atoms with Gasteiger partial charge in [-0.3, -0.25) is 9.59 Å². The fourth-order valence-corrected chi connectivity index (χ4v) is 3.92. The molecule has 0 heterocycles. The van der Waals surface area contributed by atoms with Crippen LogP contribution in [-0.4, -0.2) is 19.1 Å². The number of benzene rings is 4. The molecule has 0 atom stereocenters. The quantitative estimate of drug-likeness (QED) is 0.356. The molecule has 0 spiro atoms. The maximum Gasteiger partial charge on any atom is 0.255 e. The molecule has 4 nitrogen and oxygen atoms in total. The molecular weight excluding hydrogens is 407 g/mol. The van der Waals surface area contributed by atoms with Crippen molar-refractivity contribution in [2.45, 2.75) is 26.5 Å². The Morgan fingerprint density at radius 2 is 1.12 bits per heavy atom. The van der Waals surface area contributed by atoms with Crippen molar-refractivity contribution in [3.05, 3.63) is 107 Å². The number of anilines is 2. The molecule has 0 aliphatic carbocycles. The van der Waals surface area contributed by atoms with Crippen LogP contribution in [0.25, 0.3) is 10.8 Å². The molecule has 4 rings (SSSR count). The third-order valence-electron chi connectivity index (χ3n) is 5.80. The molecule has 2 N–H and O–H groups in total. The van der Waals surface area contributed by atoms with E-state index < -0.39 is 0 Å². The number of carbonyl (C=O) groups is 2. The molecule has 0 aromatic heterocycles. The molecule has 5 heteroatoms. The molecule has 0 fully saturated rings. The van der Waals surface area contributed by atoms with Crippen molar-refractivity contribution in [1.29, 1.82) is 0 Å². The smallest absolute Gasteiger partial charge is 0.255 e. The van der Waals surface area contributed by atoms with Crippen LogP contribution in [0.1, 0.15) is 38.8 Å². The average molecular weight is 434 g/mol. The van der Waals surface area contributed by atoms with E-state index >= 15 is 0 Å². The van der Waals surface area contributed by atoms with E-state index in [-0.39, 0.29) is 11.8 Å². The fourth-order valence-electron chi connectivity index (χ4n) is 3.92. The second kappa shape index (κ2) is 10.2. The van der Waals surface area contributed by atoms with E-state index in [1.54, 1.807) is 0 Å². The predicted molar refractivity (Wildman–Crippen MR) is 139 cm³/mol. The average Bonchev–Trinajstić information content (AvgIpc) is 2.85. The largest absolute Gasteiger partial charge is 0.321 e. The number of nitrogens with one attached hydrogen (secondary N) is 2. The van der Waals surface area contributed by atoms with E-state index in [4.69, 9.17) is 0 Å². The first-order chi connectivity index (χ1) is 16.1. The van der Waals surface area contributed by atoms with Gasteiger partial charge in [0.1, 0.15) is 7.28 Å². The fraction of sp³-hybridized carbons (Fsp3) is 0.143. The molecule has 0 unspecified atom stereocenters. The Bertz CT molecular complexity index is 1280. The zero-order valence-corrected chi connectivity index (χ0v) is 19.0. The van der Waals surface area contributed by atoms with Crippen molar-refractivity contribution >= 4 is 41.2 Å². The molecule has 2 amide bonds. The second-order valence-electron chi connectivity index (χ2n) is 8.11. The van der Waals surface area contributed by atoms with E-state index in [1.807, 2.05) is 84.9 Å². The van der Waals surface area contributed by atoms with Crippen LogP contribution in [0.2, 0.25) is 6.82 Å². The third kappa shape index (κ3) is 5.15. The summed E-state index contributed by atoms with van der Waals surface area (Å²) >= 11 is 0. The molecule has 164 valence electrons. The standard InChI is InChI=1S/C28H27BN2O2/c1-3-19-10-14-21(15-11-19)27(32)30-25-8-4-7-24-23(25)6-5-9-26(24)31-28(33)22-16-12-20(13-17-22)18-29-2/h4-17,29H,3,18H2,1-2H3,(H,30,32)(H,31,33). The van der Waals surface area contributed by atoms with E-state index in [0.29, 0.717) is 22.5 Å². The van der Waals surface area contributed by atoms with Crippen LogP contribution in [0.4, 0.5) is 11.4 Å². The Labute approximate surface area is 195 Å². The number of fused-ring (bicyclic) bond motifs is 1. The van der Waals surface area contributed by atoms with Gasteiger partial charge in [0, 0.05) is 33.3 Å². The van der Waals surface area contributed by atoms with Crippen LogP contribution in [0.3, 0.4) is 0 Å². The highest BCUT2D eigenvalue weighted by Gasteiger charge is 2.12. The summed E-state index contributed by atoms with van der Waals surface area (Å²) in [5.41, 5.74) is 5.06. The monoisotopic (exact) mass is 434 g/mol. The van der Waals surface area contributed by atoms with Gasteiger partial charge in [0.25, 0.3) is 11.8 Å². The zero-order chi connectivity index (χ0) is 23.2. The number of hydrogen-bond donors (Lipinski definition) is 2. The highest BCUT2D eigenvalue weighted by Crippen LogP contribution is 2.30. The maximum absolute atomic E-state index is 12.8. The third-order valence-corrected chi connectivity index (χ3v) is 5.80. The minimum Gasteiger partial charge on any atom is -0.321 e. The Balaban J connectivity index is 1.56. The molecule has 33 heavy (non-hydrogen) atoms. The van der Waals surface area contributed by atoms with Crippen molar-refractivity contribution in [3.63, 3.8) is 0 Å². The summed E-state index contributed by atoms with van der Waals surface area (Å²) < 4.78 is 0. The summed E-state index contributed by atoms with van der Waals surface area (Å²) in [7, 11) is 1.07. The van der Waals surface area contributed by atoms with E-state index in [1.165, 1.54) is 11.1 Å². The first-order valence-corrected chi connectivity index (χ1v) is 11.4. The van der Waals surface area contributed by atoms with E-state index in [9.17, 15) is 9.59 Å². The van der Waals surface area contributed by atoms with Crippen LogP contribution < -0.4 is 10.6 Å². The van der Waals surface area contributed by atoms with E-state index in [0.717, 1.165) is 30.8 Å². The zero-order valence-electron chi connectivity index (χ0n) is 19.0. The SMILES string of the molecule is CBCc1ccc(C(=O)Nc2cccc3c(NC(=O)c4ccc(CC)cc4)cccc23)cc1. The normalized spacial score (nSPS) is 10.6. The van der Waals surface area contributed by atoms with Gasteiger partial charge in [-0.2, -0.15) is 0 Å². The summed E-state index contributed by atoms with van der Waals surface area (Å²) in [6, 6.07) is 26.8. The minimum absolute atomic E-state index is 0.156. The lowest BCUT2D eigenvalue weighted by atomic mass is 9.75. The van der Waals surface area contributed by atoms with Crippen LogP contribution in [0, 0.1) is 0 Å². The van der Waals surface area contributed by atoms with Crippen LogP contribution in [-0.2, 0) is 12.7 Å². The van der Waals surface area contributed by atoms with Crippen molar-refractivity contribution in [2.75, 3.05) is 10.6 Å². The highest BCUT2D eigenvalue weighted by atomic mass is 16.2. The van der Waals surface area contributed by atoms with Crippen molar-refractivity contribution < 1.29 is 9.59 Å². The number of aryl methyl sites for hydroxylation is 1. The Morgan fingerprint density at radius 1 is 0.667 bits per heavy atom. The van der Waals surface area contributed by atoms with Gasteiger partial charge >= 0.3 is 0 Å². The van der Waals surface area contributed by atoms with E-state index in [2.05, 4.69) is 24.4 Å². The Hall–Kier alpha value is -3.86. The van der Waals surface area contributed by atoms with Gasteiger partial charge in [-0.05, 0) is 48.4 Å². The van der Waals surface area contributed by atoms with Gasteiger partial charge in [-0.15, -0.1) is 0 Å². The van der Waals surface area contributed by atoms with Crippen LogP contribution in [0.5, 0.6) is 0 Å². The second-order valence-corrected chi connectivity index (χ2v) is 8.11. The molecular formula is C28H27BN2O2. The van der Waals surface area contributed by atoms with Gasteiger partial charge in [0.05, 0.1) is 0 Å². The molecule has 0 aliphatic heterocycles. The van der Waals surface area contributed by atoms with Gasteiger partial charge < -0.3 is 10.6 Å². The molecule has 0 saturated heterocycles. The summed E-state index contributed by atoms with van der Waals surface area (Å²) in [5, 5.41) is 7.78. The molecule has 0 aliphatic rings. The number of hydrogen-bond acceptors (Lipinski definition) is 2. The minimum atomic E-state index is -0.160. The number of amides is 2. The van der Waals surface area contributed by atoms with Crippen molar-refractivity contribution in [3.8, 4) is 0 Å².